The van der Waals surface area contributed by atoms with E-state index in [0.717, 1.165) is 30.8 Å². The van der Waals surface area contributed by atoms with Crippen molar-refractivity contribution in [2.75, 3.05) is 6.54 Å². The fourth-order valence-corrected chi connectivity index (χ4v) is 3.10. The molecule has 2 heterocycles. The standard InChI is InChI=1S/C15H17ClFN3/c1-10-8-12(4-5-18-10)20-7-6-19-15(20)13-3-2-11(17)9-14(13)16/h2-3,6-7,9-10,12,18H,4-5,8H2,1H3/t10-,12+/m0/s1. The fourth-order valence-electron chi connectivity index (χ4n) is 2.85. The zero-order valence-electron chi connectivity index (χ0n) is 11.3. The van der Waals surface area contributed by atoms with Crippen LogP contribution in [0.1, 0.15) is 25.8 Å². The molecular weight excluding hydrogens is 277 g/mol. The van der Waals surface area contributed by atoms with E-state index in [-0.39, 0.29) is 5.82 Å². The van der Waals surface area contributed by atoms with Crippen molar-refractivity contribution in [1.82, 2.24) is 14.9 Å². The Labute approximate surface area is 122 Å². The maximum absolute atomic E-state index is 13.2. The van der Waals surface area contributed by atoms with E-state index in [0.29, 0.717) is 17.1 Å². The molecule has 2 atom stereocenters. The Morgan fingerprint density at radius 1 is 1.45 bits per heavy atom. The lowest BCUT2D eigenvalue weighted by Gasteiger charge is -2.30. The molecule has 3 nitrogen and oxygen atoms in total. The molecule has 1 saturated heterocycles. The second-order valence-corrected chi connectivity index (χ2v) is 5.72. The zero-order valence-corrected chi connectivity index (χ0v) is 12.1. The number of nitrogens with zero attached hydrogens (tertiary/aromatic N) is 2. The van der Waals surface area contributed by atoms with Crippen LogP contribution in [0.15, 0.2) is 30.6 Å². The molecule has 1 fully saturated rings. The van der Waals surface area contributed by atoms with Gasteiger partial charge in [0.1, 0.15) is 11.6 Å². The molecule has 0 saturated carbocycles. The van der Waals surface area contributed by atoms with Gasteiger partial charge in [-0.2, -0.15) is 0 Å². The van der Waals surface area contributed by atoms with Gasteiger partial charge in [0.2, 0.25) is 0 Å². The van der Waals surface area contributed by atoms with Crippen LogP contribution in [0.3, 0.4) is 0 Å². The lowest BCUT2D eigenvalue weighted by Crippen LogP contribution is -2.36. The van der Waals surface area contributed by atoms with Crippen molar-refractivity contribution in [3.63, 3.8) is 0 Å². The lowest BCUT2D eigenvalue weighted by atomic mass is 10.00. The molecule has 20 heavy (non-hydrogen) atoms. The van der Waals surface area contributed by atoms with Crippen molar-refractivity contribution in [1.29, 1.82) is 0 Å². The van der Waals surface area contributed by atoms with Gasteiger partial charge in [-0.25, -0.2) is 9.37 Å². The van der Waals surface area contributed by atoms with Crippen LogP contribution >= 0.6 is 11.6 Å². The number of imidazole rings is 1. The topological polar surface area (TPSA) is 29.9 Å². The summed E-state index contributed by atoms with van der Waals surface area (Å²) in [7, 11) is 0. The second kappa shape index (κ2) is 5.54. The fraction of sp³-hybridized carbons (Fsp3) is 0.400. The summed E-state index contributed by atoms with van der Waals surface area (Å²) in [5, 5.41) is 3.84. The normalized spacial score (nSPS) is 22.9. The molecule has 1 N–H and O–H groups in total. The highest BCUT2D eigenvalue weighted by atomic mass is 35.5. The van der Waals surface area contributed by atoms with Gasteiger partial charge in [0.25, 0.3) is 0 Å². The van der Waals surface area contributed by atoms with E-state index in [2.05, 4.69) is 21.8 Å². The Hall–Kier alpha value is -1.39. The molecule has 0 spiro atoms. The minimum atomic E-state index is -0.327. The number of benzene rings is 1. The average Bonchev–Trinajstić information content (AvgIpc) is 2.87. The van der Waals surface area contributed by atoms with Crippen molar-refractivity contribution >= 4 is 11.6 Å². The van der Waals surface area contributed by atoms with Crippen molar-refractivity contribution in [2.24, 2.45) is 0 Å². The maximum Gasteiger partial charge on any atom is 0.141 e. The van der Waals surface area contributed by atoms with Gasteiger partial charge in [-0.3, -0.25) is 0 Å². The van der Waals surface area contributed by atoms with E-state index in [4.69, 9.17) is 11.6 Å². The Balaban J connectivity index is 1.97. The van der Waals surface area contributed by atoms with Gasteiger partial charge >= 0.3 is 0 Å². The number of halogens is 2. The number of rotatable bonds is 2. The van der Waals surface area contributed by atoms with Crippen LogP contribution in [0.5, 0.6) is 0 Å². The molecule has 1 aliphatic rings. The third kappa shape index (κ3) is 2.58. The third-order valence-corrected chi connectivity index (χ3v) is 4.14. The SMILES string of the molecule is C[C@H]1C[C@H](n2ccnc2-c2ccc(F)cc2Cl)CCN1. The van der Waals surface area contributed by atoms with Gasteiger partial charge in [0.05, 0.1) is 5.02 Å². The van der Waals surface area contributed by atoms with Crippen LogP contribution < -0.4 is 5.32 Å². The highest BCUT2D eigenvalue weighted by molar-refractivity contribution is 6.33. The highest BCUT2D eigenvalue weighted by Gasteiger charge is 2.22. The Bertz CT molecular complexity index is 611. The molecule has 1 aliphatic heterocycles. The summed E-state index contributed by atoms with van der Waals surface area (Å²) < 4.78 is 15.3. The molecule has 0 amide bonds. The van der Waals surface area contributed by atoms with Crippen molar-refractivity contribution in [3.05, 3.63) is 41.4 Å². The molecule has 106 valence electrons. The summed E-state index contributed by atoms with van der Waals surface area (Å²) in [4.78, 5) is 4.41. The highest BCUT2D eigenvalue weighted by Crippen LogP contribution is 2.32. The number of piperidine rings is 1. The molecule has 1 aromatic heterocycles. The van der Waals surface area contributed by atoms with Crippen LogP contribution in [0.4, 0.5) is 4.39 Å². The number of nitrogens with one attached hydrogen (secondary N) is 1. The monoisotopic (exact) mass is 293 g/mol. The van der Waals surface area contributed by atoms with E-state index >= 15 is 0 Å². The summed E-state index contributed by atoms with van der Waals surface area (Å²) in [6.07, 6.45) is 5.88. The first-order chi connectivity index (χ1) is 9.65. The molecule has 1 aromatic carbocycles. The molecule has 0 aliphatic carbocycles. The number of hydrogen-bond donors (Lipinski definition) is 1. The van der Waals surface area contributed by atoms with Gasteiger partial charge in [0, 0.05) is 30.0 Å². The van der Waals surface area contributed by atoms with Crippen LogP contribution in [0, 0.1) is 5.82 Å². The van der Waals surface area contributed by atoms with Crippen LogP contribution in [-0.2, 0) is 0 Å². The number of hydrogen-bond acceptors (Lipinski definition) is 2. The molecule has 0 radical (unpaired) electrons. The Morgan fingerprint density at radius 2 is 2.30 bits per heavy atom. The van der Waals surface area contributed by atoms with E-state index in [9.17, 15) is 4.39 Å². The van der Waals surface area contributed by atoms with E-state index in [1.54, 1.807) is 12.3 Å². The predicted molar refractivity (Wildman–Crippen MR) is 78.4 cm³/mol. The first-order valence-electron chi connectivity index (χ1n) is 6.87. The van der Waals surface area contributed by atoms with Crippen molar-refractivity contribution < 1.29 is 4.39 Å². The largest absolute Gasteiger partial charge is 0.328 e. The quantitative estimate of drug-likeness (QED) is 0.916. The first kappa shape index (κ1) is 13.6. The van der Waals surface area contributed by atoms with Crippen LogP contribution in [0.25, 0.3) is 11.4 Å². The van der Waals surface area contributed by atoms with Gasteiger partial charge in [-0.05, 0) is 44.5 Å². The minimum absolute atomic E-state index is 0.327. The van der Waals surface area contributed by atoms with E-state index in [1.807, 2.05) is 6.20 Å². The van der Waals surface area contributed by atoms with Crippen molar-refractivity contribution in [2.45, 2.75) is 31.8 Å². The van der Waals surface area contributed by atoms with Gasteiger partial charge in [-0.15, -0.1) is 0 Å². The molecule has 0 bridgehead atoms. The Morgan fingerprint density at radius 3 is 3.05 bits per heavy atom. The Kier molecular flexibility index (Phi) is 3.76. The maximum atomic E-state index is 13.2. The minimum Gasteiger partial charge on any atom is -0.328 e. The molecule has 3 rings (SSSR count). The zero-order chi connectivity index (χ0) is 14.1. The second-order valence-electron chi connectivity index (χ2n) is 5.32. The molecule has 5 heteroatoms. The van der Waals surface area contributed by atoms with Crippen molar-refractivity contribution in [3.8, 4) is 11.4 Å². The smallest absolute Gasteiger partial charge is 0.141 e. The van der Waals surface area contributed by atoms with Gasteiger partial charge < -0.3 is 9.88 Å². The lowest BCUT2D eigenvalue weighted by molar-refractivity contribution is 0.315. The summed E-state index contributed by atoms with van der Waals surface area (Å²) in [5.41, 5.74) is 0.782. The molecular formula is C15H17ClFN3. The van der Waals surface area contributed by atoms with Gasteiger partial charge in [-0.1, -0.05) is 11.6 Å². The summed E-state index contributed by atoms with van der Waals surface area (Å²) in [6, 6.07) is 5.35. The molecule has 2 aromatic rings. The van der Waals surface area contributed by atoms with Gasteiger partial charge in [0.15, 0.2) is 0 Å². The summed E-state index contributed by atoms with van der Waals surface area (Å²) >= 11 is 6.15. The summed E-state index contributed by atoms with van der Waals surface area (Å²) in [5.74, 6) is 0.487. The number of aromatic nitrogens is 2. The molecule has 0 unspecified atom stereocenters. The first-order valence-corrected chi connectivity index (χ1v) is 7.24. The third-order valence-electron chi connectivity index (χ3n) is 3.83. The van der Waals surface area contributed by atoms with Crippen LogP contribution in [0.2, 0.25) is 5.02 Å². The van der Waals surface area contributed by atoms with Crippen LogP contribution in [-0.4, -0.2) is 22.1 Å². The predicted octanol–water partition coefficient (Wildman–Crippen LogP) is 3.66. The van der Waals surface area contributed by atoms with E-state index in [1.165, 1.54) is 12.1 Å². The average molecular weight is 294 g/mol. The summed E-state index contributed by atoms with van der Waals surface area (Å²) in [6.45, 7) is 3.19. The van der Waals surface area contributed by atoms with E-state index < -0.39 is 0 Å².